The van der Waals surface area contributed by atoms with Crippen molar-refractivity contribution in [1.82, 2.24) is 5.43 Å². The summed E-state index contributed by atoms with van der Waals surface area (Å²) in [7, 11) is 0. The highest BCUT2D eigenvalue weighted by molar-refractivity contribution is 9.10. The molecule has 2 rings (SSSR count). The standard InChI is InChI=1S/C15H12BrF3N2O/c16-11-7-5-10(6-8-11)9-14(22)21-20-13-4-2-1-3-12(13)15(17,18)19/h1-8,20H,9H2,(H,21,22). The minimum absolute atomic E-state index is 0.0640. The predicted molar refractivity (Wildman–Crippen MR) is 81.1 cm³/mol. The molecule has 0 fully saturated rings. The van der Waals surface area contributed by atoms with Crippen LogP contribution in [0, 0.1) is 0 Å². The smallest absolute Gasteiger partial charge is 0.298 e. The van der Waals surface area contributed by atoms with Gasteiger partial charge in [-0.05, 0) is 29.8 Å². The molecule has 0 aliphatic rings. The Kier molecular flexibility index (Phi) is 5.07. The minimum atomic E-state index is -4.49. The molecule has 0 unspecified atom stereocenters. The van der Waals surface area contributed by atoms with Crippen molar-refractivity contribution in [3.8, 4) is 0 Å². The number of alkyl halides is 3. The van der Waals surface area contributed by atoms with E-state index in [9.17, 15) is 18.0 Å². The van der Waals surface area contributed by atoms with E-state index in [2.05, 4.69) is 26.8 Å². The molecule has 0 spiro atoms. The number of hydrogen-bond acceptors (Lipinski definition) is 2. The first-order chi connectivity index (χ1) is 10.4. The molecule has 2 N–H and O–H groups in total. The molecule has 3 nitrogen and oxygen atoms in total. The maximum Gasteiger partial charge on any atom is 0.418 e. The molecule has 0 aliphatic heterocycles. The molecule has 2 aromatic carbocycles. The molecule has 0 atom stereocenters. The van der Waals surface area contributed by atoms with Crippen LogP contribution in [0.1, 0.15) is 11.1 Å². The number of halogens is 4. The molecule has 1 amide bonds. The van der Waals surface area contributed by atoms with Crippen molar-refractivity contribution >= 4 is 27.5 Å². The summed E-state index contributed by atoms with van der Waals surface area (Å²) in [5, 5.41) is 0. The van der Waals surface area contributed by atoms with Crippen molar-refractivity contribution in [1.29, 1.82) is 0 Å². The van der Waals surface area contributed by atoms with E-state index in [0.29, 0.717) is 0 Å². The molecule has 2 aromatic rings. The van der Waals surface area contributed by atoms with Crippen LogP contribution < -0.4 is 10.9 Å². The van der Waals surface area contributed by atoms with Crippen LogP contribution in [0.25, 0.3) is 0 Å². The number of carbonyl (C=O) groups excluding carboxylic acids is 1. The van der Waals surface area contributed by atoms with Gasteiger partial charge in [-0.3, -0.25) is 15.6 Å². The van der Waals surface area contributed by atoms with Crippen LogP contribution in [0.2, 0.25) is 0 Å². The van der Waals surface area contributed by atoms with Gasteiger partial charge >= 0.3 is 6.18 Å². The number of benzene rings is 2. The van der Waals surface area contributed by atoms with Gasteiger partial charge in [-0.1, -0.05) is 40.2 Å². The average molecular weight is 373 g/mol. The van der Waals surface area contributed by atoms with Crippen molar-refractivity contribution in [2.75, 3.05) is 5.43 Å². The van der Waals surface area contributed by atoms with Crippen molar-refractivity contribution in [2.45, 2.75) is 12.6 Å². The molecule has 22 heavy (non-hydrogen) atoms. The number of anilines is 1. The van der Waals surface area contributed by atoms with Gasteiger partial charge in [0.05, 0.1) is 17.7 Å². The topological polar surface area (TPSA) is 41.1 Å². The summed E-state index contributed by atoms with van der Waals surface area (Å²) in [5.74, 6) is -0.431. The molecule has 116 valence electrons. The van der Waals surface area contributed by atoms with Gasteiger partial charge in [0.15, 0.2) is 0 Å². The number of para-hydroxylation sites is 1. The summed E-state index contributed by atoms with van der Waals surface area (Å²) in [5.41, 5.74) is 4.32. The highest BCUT2D eigenvalue weighted by Gasteiger charge is 2.33. The lowest BCUT2D eigenvalue weighted by Gasteiger charge is -2.14. The number of hydrogen-bond donors (Lipinski definition) is 2. The monoisotopic (exact) mass is 372 g/mol. The summed E-state index contributed by atoms with van der Waals surface area (Å²) in [4.78, 5) is 11.8. The summed E-state index contributed by atoms with van der Waals surface area (Å²) < 4.78 is 39.3. The van der Waals surface area contributed by atoms with E-state index >= 15 is 0 Å². The Bertz CT molecular complexity index is 657. The fraction of sp³-hybridized carbons (Fsp3) is 0.133. The van der Waals surface area contributed by atoms with Gasteiger partial charge in [0.2, 0.25) is 5.91 Å². The Balaban J connectivity index is 1.98. The lowest BCUT2D eigenvalue weighted by atomic mass is 10.1. The van der Waals surface area contributed by atoms with Crippen LogP contribution in [0.15, 0.2) is 53.0 Å². The van der Waals surface area contributed by atoms with Gasteiger partial charge in [0.25, 0.3) is 0 Å². The predicted octanol–water partition coefficient (Wildman–Crippen LogP) is 4.15. The molecule has 0 saturated heterocycles. The second-order valence-corrected chi connectivity index (χ2v) is 5.44. The first kappa shape index (κ1) is 16.4. The fourth-order valence-corrected chi connectivity index (χ4v) is 2.07. The molecule has 7 heteroatoms. The van der Waals surface area contributed by atoms with E-state index in [-0.39, 0.29) is 12.1 Å². The van der Waals surface area contributed by atoms with E-state index in [0.717, 1.165) is 16.1 Å². The third-order valence-electron chi connectivity index (χ3n) is 2.85. The van der Waals surface area contributed by atoms with Gasteiger partial charge in [-0.25, -0.2) is 0 Å². The maximum atomic E-state index is 12.8. The van der Waals surface area contributed by atoms with E-state index < -0.39 is 17.6 Å². The third-order valence-corrected chi connectivity index (χ3v) is 3.38. The Morgan fingerprint density at radius 3 is 2.32 bits per heavy atom. The van der Waals surface area contributed by atoms with E-state index in [1.165, 1.54) is 18.2 Å². The highest BCUT2D eigenvalue weighted by Crippen LogP contribution is 2.34. The number of amides is 1. The second kappa shape index (κ2) is 6.83. The molecular formula is C15H12BrF3N2O. The summed E-state index contributed by atoms with van der Waals surface area (Å²) in [6.45, 7) is 0. The Morgan fingerprint density at radius 2 is 1.68 bits per heavy atom. The van der Waals surface area contributed by atoms with Crippen molar-refractivity contribution in [2.24, 2.45) is 0 Å². The number of hydrazine groups is 1. The third kappa shape index (κ3) is 4.49. The van der Waals surface area contributed by atoms with Crippen LogP contribution in [0.4, 0.5) is 18.9 Å². The van der Waals surface area contributed by atoms with Crippen molar-refractivity contribution in [3.05, 3.63) is 64.1 Å². The highest BCUT2D eigenvalue weighted by atomic mass is 79.9. The van der Waals surface area contributed by atoms with Gasteiger partial charge in [-0.15, -0.1) is 0 Å². The molecule has 0 aliphatic carbocycles. The van der Waals surface area contributed by atoms with Crippen LogP contribution in [-0.2, 0) is 17.4 Å². The van der Waals surface area contributed by atoms with Gasteiger partial charge < -0.3 is 0 Å². The molecule has 0 aromatic heterocycles. The Labute approximate surface area is 133 Å². The average Bonchev–Trinajstić information content (AvgIpc) is 2.47. The first-order valence-corrected chi connectivity index (χ1v) is 7.11. The van der Waals surface area contributed by atoms with Gasteiger partial charge in [0.1, 0.15) is 0 Å². The fourth-order valence-electron chi connectivity index (χ4n) is 1.81. The van der Waals surface area contributed by atoms with Gasteiger partial charge in [0, 0.05) is 4.47 Å². The normalized spacial score (nSPS) is 11.1. The maximum absolute atomic E-state index is 12.8. The lowest BCUT2D eigenvalue weighted by molar-refractivity contribution is -0.137. The summed E-state index contributed by atoms with van der Waals surface area (Å²) in [6, 6.07) is 12.0. The quantitative estimate of drug-likeness (QED) is 0.791. The molecule has 0 saturated carbocycles. The molecule has 0 heterocycles. The second-order valence-electron chi connectivity index (χ2n) is 4.52. The number of carbonyl (C=O) groups is 1. The number of nitrogens with one attached hydrogen (secondary N) is 2. The summed E-state index contributed by atoms with van der Waals surface area (Å²) in [6.07, 6.45) is -4.42. The minimum Gasteiger partial charge on any atom is -0.298 e. The van der Waals surface area contributed by atoms with Crippen LogP contribution >= 0.6 is 15.9 Å². The summed E-state index contributed by atoms with van der Waals surface area (Å²) >= 11 is 3.28. The zero-order valence-corrected chi connectivity index (χ0v) is 12.8. The zero-order chi connectivity index (χ0) is 16.2. The first-order valence-electron chi connectivity index (χ1n) is 6.32. The van der Waals surface area contributed by atoms with Crippen LogP contribution in [0.5, 0.6) is 0 Å². The molecule has 0 radical (unpaired) electrons. The Hall–Kier alpha value is -2.02. The largest absolute Gasteiger partial charge is 0.418 e. The molecule has 0 bridgehead atoms. The molecular weight excluding hydrogens is 361 g/mol. The van der Waals surface area contributed by atoms with Gasteiger partial charge in [-0.2, -0.15) is 13.2 Å². The van der Waals surface area contributed by atoms with E-state index in [1.54, 1.807) is 24.3 Å². The van der Waals surface area contributed by atoms with Crippen molar-refractivity contribution < 1.29 is 18.0 Å². The number of rotatable bonds is 4. The van der Waals surface area contributed by atoms with Crippen LogP contribution in [-0.4, -0.2) is 5.91 Å². The lowest BCUT2D eigenvalue weighted by Crippen LogP contribution is -2.31. The SMILES string of the molecule is O=C(Cc1ccc(Br)cc1)NNc1ccccc1C(F)(F)F. The van der Waals surface area contributed by atoms with E-state index in [1.807, 2.05) is 0 Å². The van der Waals surface area contributed by atoms with E-state index in [4.69, 9.17) is 0 Å². The zero-order valence-electron chi connectivity index (χ0n) is 11.2. The van der Waals surface area contributed by atoms with Crippen LogP contribution in [0.3, 0.4) is 0 Å². The van der Waals surface area contributed by atoms with Crippen molar-refractivity contribution in [3.63, 3.8) is 0 Å². The Morgan fingerprint density at radius 1 is 1.05 bits per heavy atom.